The standard InChI is InChI=1S/C20H23FN6O3S/c1-14-15(2)27(13-24-14)20-11-19(22-12-23-20)25-6-8-26(9-7-25)31(28,29)18-10-16(21)4-5-17(18)30-3/h4-5,10-13H,6-9H2,1-3H3. The maximum absolute atomic E-state index is 13.7. The number of ether oxygens (including phenoxy) is 1. The summed E-state index contributed by atoms with van der Waals surface area (Å²) in [6.07, 6.45) is 3.20. The zero-order chi connectivity index (χ0) is 22.2. The van der Waals surface area contributed by atoms with Crippen LogP contribution in [0.1, 0.15) is 11.4 Å². The van der Waals surface area contributed by atoms with Gasteiger partial charge in [-0.3, -0.25) is 4.57 Å². The molecule has 3 aromatic rings. The summed E-state index contributed by atoms with van der Waals surface area (Å²) >= 11 is 0. The van der Waals surface area contributed by atoms with E-state index < -0.39 is 15.8 Å². The van der Waals surface area contributed by atoms with Crippen molar-refractivity contribution in [1.82, 2.24) is 23.8 Å². The van der Waals surface area contributed by atoms with Crippen LogP contribution in [0.3, 0.4) is 0 Å². The average Bonchev–Trinajstić information content (AvgIpc) is 3.12. The Morgan fingerprint density at radius 3 is 2.35 bits per heavy atom. The number of rotatable bonds is 5. The summed E-state index contributed by atoms with van der Waals surface area (Å²) in [7, 11) is -2.53. The smallest absolute Gasteiger partial charge is 0.246 e. The highest BCUT2D eigenvalue weighted by atomic mass is 32.2. The molecule has 0 spiro atoms. The van der Waals surface area contributed by atoms with E-state index in [4.69, 9.17) is 4.74 Å². The minimum absolute atomic E-state index is 0.121. The molecule has 0 radical (unpaired) electrons. The summed E-state index contributed by atoms with van der Waals surface area (Å²) in [6, 6.07) is 5.34. The number of anilines is 1. The van der Waals surface area contributed by atoms with Crippen LogP contribution >= 0.6 is 0 Å². The maximum atomic E-state index is 13.7. The van der Waals surface area contributed by atoms with Gasteiger partial charge in [0, 0.05) is 37.9 Å². The van der Waals surface area contributed by atoms with Crippen LogP contribution in [0.5, 0.6) is 5.75 Å². The minimum atomic E-state index is -3.89. The second-order valence-electron chi connectivity index (χ2n) is 7.21. The van der Waals surface area contributed by atoms with Crippen LogP contribution in [0.4, 0.5) is 10.2 Å². The number of hydrogen-bond acceptors (Lipinski definition) is 7. The lowest BCUT2D eigenvalue weighted by Crippen LogP contribution is -2.49. The van der Waals surface area contributed by atoms with E-state index in [9.17, 15) is 12.8 Å². The van der Waals surface area contributed by atoms with E-state index in [1.54, 1.807) is 6.33 Å². The minimum Gasteiger partial charge on any atom is -0.495 e. The van der Waals surface area contributed by atoms with Crippen molar-refractivity contribution in [3.8, 4) is 11.6 Å². The van der Waals surface area contributed by atoms with Gasteiger partial charge in [-0.2, -0.15) is 4.31 Å². The highest BCUT2D eigenvalue weighted by molar-refractivity contribution is 7.89. The van der Waals surface area contributed by atoms with Gasteiger partial charge in [-0.25, -0.2) is 27.8 Å². The maximum Gasteiger partial charge on any atom is 0.246 e. The summed E-state index contributed by atoms with van der Waals surface area (Å²) in [5, 5.41) is 0. The quantitative estimate of drug-likeness (QED) is 0.591. The fraction of sp³-hybridized carbons (Fsp3) is 0.350. The second-order valence-corrected chi connectivity index (χ2v) is 9.11. The highest BCUT2D eigenvalue weighted by Crippen LogP contribution is 2.28. The molecule has 0 atom stereocenters. The average molecular weight is 447 g/mol. The van der Waals surface area contributed by atoms with Crippen molar-refractivity contribution in [1.29, 1.82) is 0 Å². The van der Waals surface area contributed by atoms with Gasteiger partial charge in [0.2, 0.25) is 10.0 Å². The molecule has 1 aromatic carbocycles. The molecule has 2 aromatic heterocycles. The third kappa shape index (κ3) is 3.98. The normalized spacial score (nSPS) is 15.3. The van der Waals surface area contributed by atoms with Crippen LogP contribution in [0.15, 0.2) is 41.8 Å². The Balaban J connectivity index is 1.52. The van der Waals surface area contributed by atoms with Gasteiger partial charge in [-0.15, -0.1) is 0 Å². The number of aryl methyl sites for hydroxylation is 1. The number of aromatic nitrogens is 4. The van der Waals surface area contributed by atoms with Crippen molar-refractivity contribution in [3.63, 3.8) is 0 Å². The van der Waals surface area contributed by atoms with E-state index in [0.29, 0.717) is 24.7 Å². The van der Waals surface area contributed by atoms with Crippen molar-refractivity contribution < 1.29 is 17.5 Å². The number of piperazine rings is 1. The van der Waals surface area contributed by atoms with Gasteiger partial charge in [0.1, 0.15) is 40.8 Å². The predicted molar refractivity (Wildman–Crippen MR) is 113 cm³/mol. The van der Waals surface area contributed by atoms with Crippen molar-refractivity contribution in [2.24, 2.45) is 0 Å². The summed E-state index contributed by atoms with van der Waals surface area (Å²) < 4.78 is 48.2. The molecule has 0 aliphatic carbocycles. The van der Waals surface area contributed by atoms with E-state index in [2.05, 4.69) is 15.0 Å². The van der Waals surface area contributed by atoms with Crippen molar-refractivity contribution in [3.05, 3.63) is 54.1 Å². The molecule has 4 rings (SSSR count). The molecule has 1 aliphatic rings. The van der Waals surface area contributed by atoms with Gasteiger partial charge < -0.3 is 9.64 Å². The number of benzene rings is 1. The Morgan fingerprint density at radius 1 is 1.00 bits per heavy atom. The molecule has 31 heavy (non-hydrogen) atoms. The van der Waals surface area contributed by atoms with Gasteiger partial charge in [0.05, 0.1) is 12.8 Å². The van der Waals surface area contributed by atoms with Gasteiger partial charge in [0.25, 0.3) is 0 Å². The fourth-order valence-electron chi connectivity index (χ4n) is 3.52. The lowest BCUT2D eigenvalue weighted by Gasteiger charge is -2.34. The third-order valence-corrected chi connectivity index (χ3v) is 7.36. The summed E-state index contributed by atoms with van der Waals surface area (Å²) in [6.45, 7) is 5.26. The number of methoxy groups -OCH3 is 1. The van der Waals surface area contributed by atoms with E-state index in [1.807, 2.05) is 29.4 Å². The van der Waals surface area contributed by atoms with Crippen molar-refractivity contribution >= 4 is 15.8 Å². The first-order valence-corrected chi connectivity index (χ1v) is 11.2. The van der Waals surface area contributed by atoms with Crippen LogP contribution in [0.25, 0.3) is 5.82 Å². The molecule has 1 fully saturated rings. The molecular formula is C20H23FN6O3S. The van der Waals surface area contributed by atoms with Crippen molar-refractivity contribution in [2.45, 2.75) is 18.7 Å². The molecule has 9 nitrogen and oxygen atoms in total. The Labute approximate surface area is 180 Å². The number of nitrogens with zero attached hydrogens (tertiary/aromatic N) is 6. The molecule has 0 bridgehead atoms. The van der Waals surface area contributed by atoms with E-state index in [-0.39, 0.29) is 23.7 Å². The molecular weight excluding hydrogens is 423 g/mol. The molecule has 0 amide bonds. The molecule has 164 valence electrons. The summed E-state index contributed by atoms with van der Waals surface area (Å²) in [5.41, 5.74) is 1.91. The van der Waals surface area contributed by atoms with E-state index in [0.717, 1.165) is 17.5 Å². The summed E-state index contributed by atoms with van der Waals surface area (Å²) in [5.74, 6) is 0.894. The van der Waals surface area contributed by atoms with Crippen LogP contribution in [0.2, 0.25) is 0 Å². The zero-order valence-corrected chi connectivity index (χ0v) is 18.3. The second kappa shape index (κ2) is 8.23. The van der Waals surface area contributed by atoms with Gasteiger partial charge in [-0.1, -0.05) is 0 Å². The first-order valence-electron chi connectivity index (χ1n) is 9.73. The number of sulfonamides is 1. The molecule has 0 saturated carbocycles. The Bertz CT molecular complexity index is 1210. The predicted octanol–water partition coefficient (Wildman–Crippen LogP) is 1.94. The Hall–Kier alpha value is -3.05. The largest absolute Gasteiger partial charge is 0.495 e. The third-order valence-electron chi connectivity index (χ3n) is 5.44. The molecule has 0 unspecified atom stereocenters. The SMILES string of the molecule is COc1ccc(F)cc1S(=O)(=O)N1CCN(c2cc(-n3cnc(C)c3C)ncn2)CC1. The van der Waals surface area contributed by atoms with Crippen LogP contribution < -0.4 is 9.64 Å². The first-order chi connectivity index (χ1) is 14.8. The highest BCUT2D eigenvalue weighted by Gasteiger charge is 2.31. The number of imidazole rings is 1. The van der Waals surface area contributed by atoms with Gasteiger partial charge in [-0.05, 0) is 32.0 Å². The fourth-order valence-corrected chi connectivity index (χ4v) is 5.11. The van der Waals surface area contributed by atoms with Gasteiger partial charge >= 0.3 is 0 Å². The molecule has 3 heterocycles. The molecule has 0 N–H and O–H groups in total. The lowest BCUT2D eigenvalue weighted by atomic mass is 10.3. The van der Waals surface area contributed by atoms with Gasteiger partial charge in [0.15, 0.2) is 0 Å². The van der Waals surface area contributed by atoms with E-state index >= 15 is 0 Å². The zero-order valence-electron chi connectivity index (χ0n) is 17.5. The molecule has 1 aliphatic heterocycles. The van der Waals surface area contributed by atoms with Crippen molar-refractivity contribution in [2.75, 3.05) is 38.2 Å². The number of halogens is 1. The Morgan fingerprint density at radius 2 is 1.71 bits per heavy atom. The summed E-state index contributed by atoms with van der Waals surface area (Å²) in [4.78, 5) is 14.8. The molecule has 11 heteroatoms. The lowest BCUT2D eigenvalue weighted by molar-refractivity contribution is 0.372. The number of hydrogen-bond donors (Lipinski definition) is 0. The monoisotopic (exact) mass is 446 g/mol. The molecule has 1 saturated heterocycles. The van der Waals surface area contributed by atoms with Crippen LogP contribution in [-0.2, 0) is 10.0 Å². The van der Waals surface area contributed by atoms with Crippen LogP contribution in [0, 0.1) is 19.7 Å². The topological polar surface area (TPSA) is 93.5 Å². The van der Waals surface area contributed by atoms with Crippen LogP contribution in [-0.4, -0.2) is 65.5 Å². The first kappa shape index (κ1) is 21.2. The van der Waals surface area contributed by atoms with E-state index in [1.165, 1.54) is 29.9 Å². The Kier molecular flexibility index (Phi) is 5.63.